The molecule has 5 rings (SSSR count). The highest BCUT2D eigenvalue weighted by Crippen LogP contribution is 2.26. The van der Waals surface area contributed by atoms with Crippen molar-refractivity contribution in [2.24, 2.45) is 5.10 Å². The average Bonchev–Trinajstić information content (AvgIpc) is 3.24. The number of fused-ring (bicyclic) bond motifs is 2. The molecule has 7 nitrogen and oxygen atoms in total. The molecule has 5 aromatic rings. The Kier molecular flexibility index (Phi) is 6.68. The number of amides is 2. The van der Waals surface area contributed by atoms with Gasteiger partial charge in [-0.1, -0.05) is 54.6 Å². The Morgan fingerprint density at radius 2 is 1.70 bits per heavy atom. The van der Waals surface area contributed by atoms with Crippen molar-refractivity contribution in [2.45, 2.75) is 13.5 Å². The lowest BCUT2D eigenvalue weighted by Crippen LogP contribution is -2.18. The summed E-state index contributed by atoms with van der Waals surface area (Å²) in [6, 6.07) is 26.8. The van der Waals surface area contributed by atoms with Crippen LogP contribution in [0.15, 0.2) is 96.2 Å². The highest BCUT2D eigenvalue weighted by Gasteiger charge is 2.14. The summed E-state index contributed by atoms with van der Waals surface area (Å²) >= 11 is 0. The summed E-state index contributed by atoms with van der Waals surface area (Å²) in [5, 5.41) is 9.98. The van der Waals surface area contributed by atoms with E-state index in [2.05, 4.69) is 15.8 Å². The Morgan fingerprint density at radius 3 is 2.49 bits per heavy atom. The zero-order chi connectivity index (χ0) is 25.8. The molecule has 37 heavy (non-hydrogen) atoms. The minimum Gasteiger partial charge on any atom is -0.496 e. The van der Waals surface area contributed by atoms with E-state index in [1.807, 2.05) is 96.6 Å². The van der Waals surface area contributed by atoms with Gasteiger partial charge in [-0.25, -0.2) is 5.43 Å². The third-order valence-electron chi connectivity index (χ3n) is 6.12. The SMILES string of the molecule is COc1cc2ccccc2cc1C(=O)N/N=C\c1cn(CC(=O)Nc2cccc(C)c2)c2ccccc12. The van der Waals surface area contributed by atoms with E-state index >= 15 is 0 Å². The van der Waals surface area contributed by atoms with E-state index in [4.69, 9.17) is 4.74 Å². The molecule has 0 aliphatic heterocycles. The van der Waals surface area contributed by atoms with Crippen LogP contribution < -0.4 is 15.5 Å². The highest BCUT2D eigenvalue weighted by atomic mass is 16.5. The molecule has 0 spiro atoms. The van der Waals surface area contributed by atoms with Crippen LogP contribution in [-0.2, 0) is 11.3 Å². The second-order valence-electron chi connectivity index (χ2n) is 8.75. The summed E-state index contributed by atoms with van der Waals surface area (Å²) in [7, 11) is 1.54. The van der Waals surface area contributed by atoms with Gasteiger partial charge in [0, 0.05) is 28.4 Å². The molecule has 4 aromatic carbocycles. The number of hydrazone groups is 1. The number of anilines is 1. The first-order valence-corrected chi connectivity index (χ1v) is 11.9. The predicted molar refractivity (Wildman–Crippen MR) is 147 cm³/mol. The number of rotatable bonds is 7. The van der Waals surface area contributed by atoms with Crippen molar-refractivity contribution in [1.82, 2.24) is 9.99 Å². The van der Waals surface area contributed by atoms with Gasteiger partial charge in [0.15, 0.2) is 0 Å². The average molecular weight is 491 g/mol. The van der Waals surface area contributed by atoms with Crippen LogP contribution in [-0.4, -0.2) is 29.7 Å². The molecular formula is C30H26N4O3. The number of benzene rings is 4. The number of carbonyl (C=O) groups is 2. The summed E-state index contributed by atoms with van der Waals surface area (Å²) in [5.74, 6) is -0.0331. The first-order valence-electron chi connectivity index (χ1n) is 11.9. The number of para-hydroxylation sites is 1. The Hall–Kier alpha value is -4.91. The molecule has 0 atom stereocenters. The third-order valence-corrected chi connectivity index (χ3v) is 6.12. The van der Waals surface area contributed by atoms with Crippen LogP contribution >= 0.6 is 0 Å². The first kappa shape index (κ1) is 23.8. The molecule has 0 fully saturated rings. The molecule has 0 radical (unpaired) electrons. The van der Waals surface area contributed by atoms with Gasteiger partial charge in [-0.3, -0.25) is 9.59 Å². The number of nitrogens with zero attached hydrogens (tertiary/aromatic N) is 2. The molecule has 7 heteroatoms. The minimum atomic E-state index is -0.375. The van der Waals surface area contributed by atoms with Crippen LogP contribution in [0.5, 0.6) is 5.75 Å². The Morgan fingerprint density at radius 1 is 0.946 bits per heavy atom. The van der Waals surface area contributed by atoms with Crippen LogP contribution in [0.2, 0.25) is 0 Å². The smallest absolute Gasteiger partial charge is 0.275 e. The first-order chi connectivity index (χ1) is 18.0. The normalized spacial score (nSPS) is 11.2. The molecule has 0 aliphatic carbocycles. The lowest BCUT2D eigenvalue weighted by Gasteiger charge is -2.09. The number of aromatic nitrogens is 1. The van der Waals surface area contributed by atoms with Crippen LogP contribution in [0.4, 0.5) is 5.69 Å². The zero-order valence-corrected chi connectivity index (χ0v) is 20.6. The maximum Gasteiger partial charge on any atom is 0.275 e. The molecule has 0 unspecified atom stereocenters. The van der Waals surface area contributed by atoms with Gasteiger partial charge >= 0.3 is 0 Å². The second kappa shape index (κ2) is 10.4. The number of nitrogens with one attached hydrogen (secondary N) is 2. The predicted octanol–water partition coefficient (Wildman–Crippen LogP) is 5.51. The van der Waals surface area contributed by atoms with Crippen molar-refractivity contribution < 1.29 is 14.3 Å². The van der Waals surface area contributed by atoms with E-state index in [1.165, 1.54) is 7.11 Å². The molecule has 0 saturated heterocycles. The minimum absolute atomic E-state index is 0.133. The molecule has 1 aromatic heterocycles. The second-order valence-corrected chi connectivity index (χ2v) is 8.75. The van der Waals surface area contributed by atoms with Crippen molar-refractivity contribution in [1.29, 1.82) is 0 Å². The largest absolute Gasteiger partial charge is 0.496 e. The van der Waals surface area contributed by atoms with Crippen molar-refractivity contribution in [3.63, 3.8) is 0 Å². The highest BCUT2D eigenvalue weighted by molar-refractivity contribution is 6.03. The number of hydrogen-bond donors (Lipinski definition) is 2. The van der Waals surface area contributed by atoms with Gasteiger partial charge in [0.05, 0.1) is 18.9 Å². The Bertz CT molecular complexity index is 1650. The van der Waals surface area contributed by atoms with Crippen LogP contribution in [0, 0.1) is 6.92 Å². The standard InChI is InChI=1S/C30H26N4O3/c1-20-8-7-11-24(14-20)32-29(35)19-34-18-23(25-12-5-6-13-27(25)34)17-31-33-30(36)26-15-21-9-3-4-10-22(21)16-28(26)37-2/h3-18H,19H2,1-2H3,(H,32,35)(H,33,36)/b31-17-. The molecule has 184 valence electrons. The quantitative estimate of drug-likeness (QED) is 0.233. The summed E-state index contributed by atoms with van der Waals surface area (Å²) in [6.07, 6.45) is 3.44. The monoisotopic (exact) mass is 490 g/mol. The molecular weight excluding hydrogens is 464 g/mol. The van der Waals surface area contributed by atoms with E-state index in [0.717, 1.165) is 38.5 Å². The van der Waals surface area contributed by atoms with E-state index in [0.29, 0.717) is 11.3 Å². The Labute approximate surface area is 214 Å². The fourth-order valence-electron chi connectivity index (χ4n) is 4.37. The van der Waals surface area contributed by atoms with Crippen molar-refractivity contribution in [3.8, 4) is 5.75 Å². The lowest BCUT2D eigenvalue weighted by molar-refractivity contribution is -0.116. The molecule has 0 aliphatic rings. The number of methoxy groups -OCH3 is 1. The van der Waals surface area contributed by atoms with Crippen molar-refractivity contribution in [3.05, 3.63) is 108 Å². The van der Waals surface area contributed by atoms with Gasteiger partial charge in [-0.05, 0) is 53.6 Å². The zero-order valence-electron chi connectivity index (χ0n) is 20.6. The number of ether oxygens (including phenoxy) is 1. The van der Waals surface area contributed by atoms with Gasteiger partial charge in [0.2, 0.25) is 5.91 Å². The van der Waals surface area contributed by atoms with Crippen LogP contribution in [0.25, 0.3) is 21.7 Å². The van der Waals surface area contributed by atoms with Gasteiger partial charge in [0.25, 0.3) is 5.91 Å². The van der Waals surface area contributed by atoms with Crippen molar-refractivity contribution in [2.75, 3.05) is 12.4 Å². The topological polar surface area (TPSA) is 84.7 Å². The van der Waals surface area contributed by atoms with Gasteiger partial charge < -0.3 is 14.6 Å². The molecule has 0 saturated carbocycles. The fourth-order valence-corrected chi connectivity index (χ4v) is 4.37. The lowest BCUT2D eigenvalue weighted by atomic mass is 10.1. The van der Waals surface area contributed by atoms with Crippen molar-refractivity contribution >= 4 is 45.4 Å². The molecule has 0 bridgehead atoms. The van der Waals surface area contributed by atoms with Gasteiger partial charge in [0.1, 0.15) is 12.3 Å². The third kappa shape index (κ3) is 5.21. The van der Waals surface area contributed by atoms with E-state index in [-0.39, 0.29) is 18.4 Å². The summed E-state index contributed by atoms with van der Waals surface area (Å²) in [6.45, 7) is 2.12. The molecule has 2 N–H and O–H groups in total. The van der Waals surface area contributed by atoms with Gasteiger partial charge in [-0.15, -0.1) is 0 Å². The molecule has 2 amide bonds. The van der Waals surface area contributed by atoms with E-state index in [1.54, 1.807) is 12.3 Å². The number of hydrogen-bond acceptors (Lipinski definition) is 4. The van der Waals surface area contributed by atoms with Gasteiger partial charge in [-0.2, -0.15) is 5.10 Å². The maximum atomic E-state index is 12.9. The van der Waals surface area contributed by atoms with E-state index < -0.39 is 0 Å². The fraction of sp³-hybridized carbons (Fsp3) is 0.100. The van der Waals surface area contributed by atoms with Crippen LogP contribution in [0.1, 0.15) is 21.5 Å². The maximum absolute atomic E-state index is 12.9. The summed E-state index contributed by atoms with van der Waals surface area (Å²) in [5.41, 5.74) is 6.51. The summed E-state index contributed by atoms with van der Waals surface area (Å²) in [4.78, 5) is 25.6. The number of aryl methyl sites for hydroxylation is 1. The summed E-state index contributed by atoms with van der Waals surface area (Å²) < 4.78 is 7.30. The van der Waals surface area contributed by atoms with E-state index in [9.17, 15) is 9.59 Å². The molecule has 1 heterocycles. The van der Waals surface area contributed by atoms with Crippen LogP contribution in [0.3, 0.4) is 0 Å². The number of carbonyl (C=O) groups excluding carboxylic acids is 2. The Balaban J connectivity index is 1.34.